The number of methoxy groups -OCH3 is 1. The average Bonchev–Trinajstić information content (AvgIpc) is 3.48. The van der Waals surface area contributed by atoms with Crippen LogP contribution in [0.15, 0.2) is 65.1 Å². The highest BCUT2D eigenvalue weighted by Crippen LogP contribution is 2.42. The van der Waals surface area contributed by atoms with Crippen molar-refractivity contribution in [2.45, 2.75) is 20.4 Å². The van der Waals surface area contributed by atoms with E-state index in [0.717, 1.165) is 60.7 Å². The van der Waals surface area contributed by atoms with Gasteiger partial charge in [0.05, 0.1) is 24.3 Å². The monoisotopic (exact) mass is 501 g/mol. The van der Waals surface area contributed by atoms with Gasteiger partial charge in [0.1, 0.15) is 22.7 Å². The van der Waals surface area contributed by atoms with Crippen molar-refractivity contribution >= 4 is 44.4 Å². The van der Waals surface area contributed by atoms with Crippen molar-refractivity contribution < 1.29 is 19.3 Å². The van der Waals surface area contributed by atoms with E-state index in [2.05, 4.69) is 22.1 Å². The number of hydrogen-bond donors (Lipinski definition) is 3. The second kappa shape index (κ2) is 8.79. The number of furan rings is 2. The fraction of sp³-hybridized carbons (Fsp3) is 0.129. The molecule has 0 saturated heterocycles. The van der Waals surface area contributed by atoms with Crippen LogP contribution in [0.3, 0.4) is 0 Å². The average molecular weight is 502 g/mol. The molecule has 2 bridgehead atoms. The van der Waals surface area contributed by atoms with Gasteiger partial charge in [-0.15, -0.1) is 0 Å². The zero-order chi connectivity index (χ0) is 26.6. The standard InChI is InChI=1S/C31H24N4O3/c1-16-10-28(33)35-17(2)27(16)15-34-31(36)19-5-8-24-26(13-19)30-25-12-18(4-7-23(25)29(24)38-30)22-9-6-21(37-3)11-20(22)14-32/h4-13H,15H2,1-3H3,(H2,33,35)(H,34,36)/p+1. The number of nitrogen functional groups attached to an aromatic ring is 1. The number of anilines is 1. The Hall–Kier alpha value is -5.09. The minimum absolute atomic E-state index is 0.0719. The van der Waals surface area contributed by atoms with Crippen molar-refractivity contribution in [3.8, 4) is 22.9 Å². The van der Waals surface area contributed by atoms with Crippen LogP contribution in [-0.2, 0) is 6.54 Å². The summed E-state index contributed by atoms with van der Waals surface area (Å²) in [6.07, 6.45) is 0. The summed E-state index contributed by atoms with van der Waals surface area (Å²) in [6, 6.07) is 21.5. The molecule has 3 aromatic carbocycles. The first-order valence-corrected chi connectivity index (χ1v) is 12.2. The number of hydrogen-bond acceptors (Lipinski definition) is 5. The summed E-state index contributed by atoms with van der Waals surface area (Å²) in [4.78, 5) is 7.45. The fourth-order valence-electron chi connectivity index (χ4n) is 5.21. The number of nitrogens with one attached hydrogen (secondary N) is 1. The molecule has 0 aliphatic heterocycles. The molecule has 6 aromatic rings. The maximum absolute atomic E-state index is 10.9. The van der Waals surface area contributed by atoms with Crippen molar-refractivity contribution in [1.82, 2.24) is 4.98 Å². The van der Waals surface area contributed by atoms with Crippen molar-refractivity contribution in [1.29, 1.82) is 5.26 Å². The molecule has 0 atom stereocenters. The second-order valence-corrected chi connectivity index (χ2v) is 9.43. The van der Waals surface area contributed by atoms with E-state index in [1.807, 2.05) is 62.4 Å². The summed E-state index contributed by atoms with van der Waals surface area (Å²) in [6.45, 7) is 4.31. The van der Waals surface area contributed by atoms with Crippen LogP contribution in [0, 0.1) is 25.2 Å². The molecular weight excluding hydrogens is 476 g/mol. The number of nitrogens with two attached hydrogens (primary N) is 1. The molecule has 0 radical (unpaired) electrons. The number of fused-ring (bicyclic) bond motifs is 8. The number of aliphatic hydroxyl groups excluding tert-OH is 1. The number of aromatic nitrogens is 1. The first kappa shape index (κ1) is 23.3. The van der Waals surface area contributed by atoms with Gasteiger partial charge in [0.15, 0.2) is 6.54 Å². The maximum atomic E-state index is 10.9. The molecule has 0 fully saturated rings. The topological polar surface area (TPSA) is 119 Å². The normalized spacial score (nSPS) is 12.0. The molecule has 38 heavy (non-hydrogen) atoms. The van der Waals surface area contributed by atoms with E-state index in [1.54, 1.807) is 13.2 Å². The number of nitrogens with zero attached hydrogens (tertiary/aromatic N) is 2. The second-order valence-electron chi connectivity index (χ2n) is 9.43. The summed E-state index contributed by atoms with van der Waals surface area (Å²) in [5.74, 6) is 1.20. The molecule has 6 rings (SSSR count). The summed E-state index contributed by atoms with van der Waals surface area (Å²) in [5.41, 5.74) is 13.2. The number of aryl methyl sites for hydroxylation is 2. The Balaban J connectivity index is 1.41. The predicted molar refractivity (Wildman–Crippen MR) is 149 cm³/mol. The number of benzene rings is 4. The first-order valence-electron chi connectivity index (χ1n) is 12.2. The van der Waals surface area contributed by atoms with Gasteiger partial charge in [-0.25, -0.2) is 9.98 Å². The fourth-order valence-corrected chi connectivity index (χ4v) is 5.21. The Kier molecular flexibility index (Phi) is 5.39. The molecule has 7 heteroatoms. The highest BCUT2D eigenvalue weighted by molar-refractivity contribution is 6.26. The largest absolute Gasteiger partial charge is 0.497 e. The predicted octanol–water partition coefficient (Wildman–Crippen LogP) is 4.90. The molecule has 0 saturated carbocycles. The van der Waals surface area contributed by atoms with Crippen LogP contribution < -0.4 is 15.5 Å². The van der Waals surface area contributed by atoms with Crippen LogP contribution in [0.2, 0.25) is 0 Å². The number of nitriles is 1. The Morgan fingerprint density at radius 1 is 1.00 bits per heavy atom. The molecule has 0 amide bonds. The number of aliphatic hydroxyl groups is 1. The lowest BCUT2D eigenvalue weighted by molar-refractivity contribution is -0.483. The van der Waals surface area contributed by atoms with E-state index >= 15 is 0 Å². The SMILES string of the molecule is COc1ccc(-c2ccc3c(c2)c2oc3c3ccc(C(O)=[NH+]Cc4c(C)cc(N)nc4C)cc32)c(C#N)c1. The van der Waals surface area contributed by atoms with Gasteiger partial charge in [0, 0.05) is 32.8 Å². The molecule has 0 unspecified atom stereocenters. The molecule has 186 valence electrons. The quantitative estimate of drug-likeness (QED) is 0.176. The number of ether oxygens (including phenoxy) is 1. The number of pyridine rings is 1. The van der Waals surface area contributed by atoms with Crippen LogP contribution in [0.5, 0.6) is 5.75 Å². The van der Waals surface area contributed by atoms with Crippen molar-refractivity contribution in [3.63, 3.8) is 0 Å². The Labute approximate surface area is 218 Å². The minimum atomic E-state index is 0.0719. The molecule has 0 aliphatic rings. The van der Waals surface area contributed by atoms with Crippen molar-refractivity contribution in [3.05, 3.63) is 88.6 Å². The third kappa shape index (κ3) is 3.66. The lowest BCUT2D eigenvalue weighted by Gasteiger charge is -2.08. The van der Waals surface area contributed by atoms with Crippen LogP contribution in [0.25, 0.3) is 43.8 Å². The van der Waals surface area contributed by atoms with Gasteiger partial charge >= 0.3 is 5.90 Å². The van der Waals surface area contributed by atoms with Crippen LogP contribution in [-0.4, -0.2) is 23.1 Å². The number of rotatable bonds is 5. The molecule has 7 nitrogen and oxygen atoms in total. The van der Waals surface area contributed by atoms with Gasteiger partial charge in [-0.3, -0.25) is 0 Å². The molecular formula is C31H25N4O3+. The first-order chi connectivity index (χ1) is 18.4. The van der Waals surface area contributed by atoms with Crippen molar-refractivity contribution in [2.24, 2.45) is 0 Å². The van der Waals surface area contributed by atoms with E-state index in [1.165, 1.54) is 0 Å². The Bertz CT molecular complexity index is 1920. The summed E-state index contributed by atoms with van der Waals surface area (Å²) >= 11 is 0. The van der Waals surface area contributed by atoms with Gasteiger partial charge in [-0.05, 0) is 85.1 Å². The molecule has 0 spiro atoms. The van der Waals surface area contributed by atoms with Crippen molar-refractivity contribution in [2.75, 3.05) is 12.8 Å². The third-order valence-corrected chi connectivity index (χ3v) is 7.16. The summed E-state index contributed by atoms with van der Waals surface area (Å²) < 4.78 is 11.5. The van der Waals surface area contributed by atoms with E-state index in [9.17, 15) is 10.4 Å². The molecule has 0 aliphatic carbocycles. The zero-order valence-electron chi connectivity index (χ0n) is 21.2. The Morgan fingerprint density at radius 3 is 2.47 bits per heavy atom. The minimum Gasteiger partial charge on any atom is -0.497 e. The Morgan fingerprint density at radius 2 is 1.74 bits per heavy atom. The lowest BCUT2D eigenvalue weighted by Crippen LogP contribution is -2.71. The van der Waals surface area contributed by atoms with Crippen LogP contribution in [0.4, 0.5) is 5.82 Å². The van der Waals surface area contributed by atoms with Gasteiger partial charge in [-0.1, -0.05) is 6.07 Å². The van der Waals surface area contributed by atoms with Gasteiger partial charge < -0.3 is 20.0 Å². The van der Waals surface area contributed by atoms with E-state index in [-0.39, 0.29) is 5.90 Å². The third-order valence-electron chi connectivity index (χ3n) is 7.16. The van der Waals surface area contributed by atoms with Crippen LogP contribution >= 0.6 is 0 Å². The van der Waals surface area contributed by atoms with E-state index in [4.69, 9.17) is 14.9 Å². The van der Waals surface area contributed by atoms with E-state index < -0.39 is 0 Å². The highest BCUT2D eigenvalue weighted by atomic mass is 16.5. The van der Waals surface area contributed by atoms with Gasteiger partial charge in [-0.2, -0.15) is 5.26 Å². The van der Waals surface area contributed by atoms with Gasteiger partial charge in [0.2, 0.25) is 0 Å². The maximum Gasteiger partial charge on any atom is 0.366 e. The van der Waals surface area contributed by atoms with E-state index in [0.29, 0.717) is 29.2 Å². The molecule has 3 heterocycles. The summed E-state index contributed by atoms with van der Waals surface area (Å²) in [7, 11) is 1.58. The highest BCUT2D eigenvalue weighted by Gasteiger charge is 2.21. The lowest BCUT2D eigenvalue weighted by atomic mass is 9.95. The zero-order valence-corrected chi connectivity index (χ0v) is 21.2. The summed E-state index contributed by atoms with van der Waals surface area (Å²) in [5, 5.41) is 24.5. The van der Waals surface area contributed by atoms with Gasteiger partial charge in [0.25, 0.3) is 0 Å². The molecule has 3 aromatic heterocycles. The van der Waals surface area contributed by atoms with Crippen LogP contribution in [0.1, 0.15) is 27.9 Å². The smallest absolute Gasteiger partial charge is 0.366 e. The molecule has 4 N–H and O–H groups in total.